The number of unbranched alkanes of at least 4 members (excludes halogenated alkanes) is 1. The minimum Gasteiger partial charge on any atom is -0.494 e. The number of methoxy groups -OCH3 is 1. The fraction of sp³-hybridized carbons (Fsp3) is 0.375. The average molecular weight is 385 g/mol. The summed E-state index contributed by atoms with van der Waals surface area (Å²) >= 11 is 0. The van der Waals surface area contributed by atoms with E-state index in [1.165, 1.54) is 7.11 Å². The van der Waals surface area contributed by atoms with Crippen molar-refractivity contribution in [2.45, 2.75) is 38.7 Å². The van der Waals surface area contributed by atoms with Gasteiger partial charge in [-0.15, -0.1) is 0 Å². The molecule has 0 spiro atoms. The van der Waals surface area contributed by atoms with E-state index in [9.17, 15) is 9.90 Å². The molecule has 28 heavy (non-hydrogen) atoms. The second-order valence-corrected chi connectivity index (χ2v) is 6.49. The fourth-order valence-corrected chi connectivity index (χ4v) is 2.67. The van der Waals surface area contributed by atoms with Crippen LogP contribution in [0.4, 0.5) is 0 Å². The number of benzene rings is 1. The van der Waals surface area contributed by atoms with Crippen LogP contribution >= 0.6 is 0 Å². The molecule has 1 rings (SSSR count). The Bertz CT molecular complexity index is 670. The molecule has 1 N–H and O–H groups in total. The maximum absolute atomic E-state index is 11.8. The molecular weight excluding hydrogens is 352 g/mol. The van der Waals surface area contributed by atoms with Gasteiger partial charge in [-0.2, -0.15) is 0 Å². The molecule has 4 nitrogen and oxygen atoms in total. The van der Waals surface area contributed by atoms with Gasteiger partial charge in [0.1, 0.15) is 5.75 Å². The molecule has 0 saturated carbocycles. The van der Waals surface area contributed by atoms with E-state index in [1.807, 2.05) is 42.5 Å². The van der Waals surface area contributed by atoms with Crippen LogP contribution in [0.15, 0.2) is 67.8 Å². The topological polar surface area (TPSA) is 55.8 Å². The molecule has 2 atom stereocenters. The van der Waals surface area contributed by atoms with E-state index in [0.717, 1.165) is 24.2 Å². The van der Waals surface area contributed by atoms with Crippen LogP contribution in [0.25, 0.3) is 5.57 Å². The average Bonchev–Trinajstić information content (AvgIpc) is 2.71. The van der Waals surface area contributed by atoms with Gasteiger partial charge in [-0.3, -0.25) is 4.79 Å². The molecule has 0 amide bonds. The summed E-state index contributed by atoms with van der Waals surface area (Å²) < 4.78 is 10.5. The number of carbonyl (C=O) groups excluding carboxylic acids is 1. The van der Waals surface area contributed by atoms with Crippen molar-refractivity contribution in [2.75, 3.05) is 13.7 Å². The third-order valence-corrected chi connectivity index (χ3v) is 4.39. The second kappa shape index (κ2) is 13.6. The van der Waals surface area contributed by atoms with Gasteiger partial charge in [-0.05, 0) is 36.1 Å². The zero-order valence-corrected chi connectivity index (χ0v) is 17.0. The van der Waals surface area contributed by atoms with Gasteiger partial charge < -0.3 is 14.6 Å². The number of esters is 1. The van der Waals surface area contributed by atoms with Crippen molar-refractivity contribution in [1.82, 2.24) is 0 Å². The van der Waals surface area contributed by atoms with Crippen molar-refractivity contribution in [3.8, 4) is 5.75 Å². The van der Waals surface area contributed by atoms with Gasteiger partial charge in [-0.25, -0.2) is 0 Å². The number of hydrogen-bond donors (Lipinski definition) is 1. The molecule has 4 heteroatoms. The number of hydrogen-bond acceptors (Lipinski definition) is 4. The van der Waals surface area contributed by atoms with Crippen LogP contribution in [0.3, 0.4) is 0 Å². The predicted octanol–water partition coefficient (Wildman–Crippen LogP) is 5.11. The number of rotatable bonds is 13. The molecule has 0 bridgehead atoms. The summed E-state index contributed by atoms with van der Waals surface area (Å²) in [5, 5.41) is 10.7. The quantitative estimate of drug-likeness (QED) is 0.292. The van der Waals surface area contributed by atoms with Crippen LogP contribution in [0, 0.1) is 5.92 Å². The van der Waals surface area contributed by atoms with Gasteiger partial charge in [0.2, 0.25) is 0 Å². The Morgan fingerprint density at radius 2 is 1.93 bits per heavy atom. The van der Waals surface area contributed by atoms with E-state index in [4.69, 9.17) is 9.47 Å². The van der Waals surface area contributed by atoms with Gasteiger partial charge in [0.25, 0.3) is 0 Å². The van der Waals surface area contributed by atoms with Gasteiger partial charge in [-0.1, -0.05) is 69.0 Å². The van der Waals surface area contributed by atoms with Gasteiger partial charge in [0, 0.05) is 5.92 Å². The first kappa shape index (κ1) is 23.4. The van der Waals surface area contributed by atoms with Gasteiger partial charge >= 0.3 is 5.97 Å². The highest BCUT2D eigenvalue weighted by Crippen LogP contribution is 2.30. The summed E-state index contributed by atoms with van der Waals surface area (Å²) in [6.07, 6.45) is 10.8. The van der Waals surface area contributed by atoms with Crippen LogP contribution in [0.2, 0.25) is 0 Å². The Morgan fingerprint density at radius 3 is 2.54 bits per heavy atom. The normalized spacial score (nSPS) is 13.4. The lowest BCUT2D eigenvalue weighted by Gasteiger charge is -2.24. The highest BCUT2D eigenvalue weighted by atomic mass is 16.5. The van der Waals surface area contributed by atoms with Crippen molar-refractivity contribution < 1.29 is 19.4 Å². The molecule has 0 fully saturated rings. The molecule has 1 aromatic carbocycles. The number of carbonyl (C=O) groups is 1. The lowest BCUT2D eigenvalue weighted by atomic mass is 9.85. The summed E-state index contributed by atoms with van der Waals surface area (Å²) in [6.45, 7) is 10.5. The van der Waals surface area contributed by atoms with Gasteiger partial charge in [0.15, 0.2) is 0 Å². The monoisotopic (exact) mass is 384 g/mol. The summed E-state index contributed by atoms with van der Waals surface area (Å²) in [5.41, 5.74) is 1.57. The minimum atomic E-state index is -0.750. The first-order valence-electron chi connectivity index (χ1n) is 9.64. The third kappa shape index (κ3) is 8.40. The number of aliphatic hydroxyl groups excluding tert-OH is 1. The zero-order valence-electron chi connectivity index (χ0n) is 17.0. The van der Waals surface area contributed by atoms with Crippen LogP contribution in [0.5, 0.6) is 5.75 Å². The Balaban J connectivity index is 2.85. The molecule has 152 valence electrons. The Hall–Kier alpha value is -2.59. The largest absolute Gasteiger partial charge is 0.494 e. The number of aliphatic hydroxyl groups is 1. The smallest absolute Gasteiger partial charge is 0.306 e. The Morgan fingerprint density at radius 1 is 1.21 bits per heavy atom. The molecule has 0 saturated heterocycles. The number of ether oxygens (including phenoxy) is 2. The van der Waals surface area contributed by atoms with Crippen molar-refractivity contribution in [3.63, 3.8) is 0 Å². The molecule has 0 radical (unpaired) electrons. The first-order valence-corrected chi connectivity index (χ1v) is 9.64. The van der Waals surface area contributed by atoms with Crippen molar-refractivity contribution in [1.29, 1.82) is 0 Å². The lowest BCUT2D eigenvalue weighted by Crippen LogP contribution is -2.24. The fourth-order valence-electron chi connectivity index (χ4n) is 2.67. The molecule has 0 aliphatic rings. The molecule has 0 heterocycles. The van der Waals surface area contributed by atoms with Crippen molar-refractivity contribution in [2.24, 2.45) is 5.92 Å². The summed E-state index contributed by atoms with van der Waals surface area (Å²) in [4.78, 5) is 11.8. The van der Waals surface area contributed by atoms with Crippen molar-refractivity contribution >= 4 is 11.5 Å². The molecule has 0 aliphatic carbocycles. The molecule has 2 unspecified atom stereocenters. The van der Waals surface area contributed by atoms with E-state index < -0.39 is 12.0 Å². The van der Waals surface area contributed by atoms with Crippen molar-refractivity contribution in [3.05, 3.63) is 73.4 Å². The SMILES string of the molecule is C=C/C=C\C=C/CC(O)C(CC(=O)OC)C(=C)c1ccc(OCCCC)cc1. The van der Waals surface area contributed by atoms with Crippen LogP contribution < -0.4 is 4.74 Å². The maximum atomic E-state index is 11.8. The first-order chi connectivity index (χ1) is 13.5. The molecular formula is C24H32O4. The van der Waals surface area contributed by atoms with E-state index in [-0.39, 0.29) is 12.4 Å². The standard InChI is InChI=1S/C24H32O4/c1-5-7-9-10-11-12-23(25)22(18-24(26)27-4)19(3)20-13-15-21(16-14-20)28-17-8-6-2/h5,7,9-11,13-16,22-23,25H,1,3,6,8,12,17-18H2,2,4H3/b9-7-,11-10-. The Kier molecular flexibility index (Phi) is 11.4. The highest BCUT2D eigenvalue weighted by Gasteiger charge is 2.25. The van der Waals surface area contributed by atoms with Crippen LogP contribution in [-0.2, 0) is 9.53 Å². The summed E-state index contributed by atoms with van der Waals surface area (Å²) in [7, 11) is 1.34. The second-order valence-electron chi connectivity index (χ2n) is 6.49. The molecule has 0 aliphatic heterocycles. The van der Waals surface area contributed by atoms with E-state index in [2.05, 4.69) is 20.1 Å². The van der Waals surface area contributed by atoms with E-state index in [1.54, 1.807) is 12.2 Å². The summed E-state index contributed by atoms with van der Waals surface area (Å²) in [5.74, 6) is -0.0143. The zero-order chi connectivity index (χ0) is 20.8. The summed E-state index contributed by atoms with van der Waals surface area (Å²) in [6, 6.07) is 7.59. The van der Waals surface area contributed by atoms with Crippen LogP contribution in [0.1, 0.15) is 38.2 Å². The third-order valence-electron chi connectivity index (χ3n) is 4.39. The predicted molar refractivity (Wildman–Crippen MR) is 115 cm³/mol. The highest BCUT2D eigenvalue weighted by molar-refractivity contribution is 5.75. The lowest BCUT2D eigenvalue weighted by molar-refractivity contribution is -0.142. The van der Waals surface area contributed by atoms with E-state index >= 15 is 0 Å². The maximum Gasteiger partial charge on any atom is 0.306 e. The number of allylic oxidation sites excluding steroid dienone is 4. The minimum absolute atomic E-state index is 0.0710. The van der Waals surface area contributed by atoms with Gasteiger partial charge in [0.05, 0.1) is 26.2 Å². The Labute approximate surface area is 168 Å². The van der Waals surface area contributed by atoms with E-state index in [0.29, 0.717) is 18.6 Å². The van der Waals surface area contributed by atoms with Crippen LogP contribution in [-0.4, -0.2) is 30.9 Å². The molecule has 0 aromatic heterocycles. The molecule has 1 aromatic rings.